The highest BCUT2D eigenvalue weighted by Gasteiger charge is 2.04. The average Bonchev–Trinajstić information content (AvgIpc) is 2.70. The predicted octanol–water partition coefficient (Wildman–Crippen LogP) is 3.35. The largest absolute Gasteiger partial charge is 0.336 e. The molecule has 16 heavy (non-hydrogen) atoms. The molecule has 2 aromatic rings. The summed E-state index contributed by atoms with van der Waals surface area (Å²) in [6.07, 6.45) is 5.14. The second-order valence-corrected chi connectivity index (χ2v) is 4.04. The number of aryl methyl sites for hydroxylation is 1. The van der Waals surface area contributed by atoms with Crippen LogP contribution in [0.1, 0.15) is 6.92 Å². The monoisotopic (exact) mass is 256 g/mol. The summed E-state index contributed by atoms with van der Waals surface area (Å²) in [5.41, 5.74) is 0.846. The van der Waals surface area contributed by atoms with Gasteiger partial charge in [0.25, 0.3) is 0 Å². The zero-order valence-corrected chi connectivity index (χ0v) is 10.1. The molecule has 0 radical (unpaired) electrons. The van der Waals surface area contributed by atoms with Crippen LogP contribution >= 0.6 is 23.2 Å². The van der Waals surface area contributed by atoms with Gasteiger partial charge in [-0.15, -0.1) is 0 Å². The third-order valence-electron chi connectivity index (χ3n) is 2.03. The van der Waals surface area contributed by atoms with E-state index in [4.69, 9.17) is 23.2 Å². The van der Waals surface area contributed by atoms with Gasteiger partial charge in [0.2, 0.25) is 0 Å². The van der Waals surface area contributed by atoms with Crippen LogP contribution in [0, 0.1) is 0 Å². The van der Waals surface area contributed by atoms with Gasteiger partial charge in [-0.05, 0) is 13.0 Å². The molecule has 0 unspecified atom stereocenters. The van der Waals surface area contributed by atoms with E-state index in [1.165, 1.54) is 0 Å². The Bertz CT molecular complexity index is 495. The van der Waals surface area contributed by atoms with E-state index >= 15 is 0 Å². The van der Waals surface area contributed by atoms with Crippen LogP contribution < -0.4 is 5.32 Å². The van der Waals surface area contributed by atoms with Gasteiger partial charge in [-0.3, -0.25) is 4.68 Å². The zero-order chi connectivity index (χ0) is 11.5. The van der Waals surface area contributed by atoms with Gasteiger partial charge in [-0.25, -0.2) is 4.98 Å². The van der Waals surface area contributed by atoms with E-state index in [1.807, 2.05) is 17.8 Å². The molecule has 0 saturated heterocycles. The molecule has 2 heterocycles. The summed E-state index contributed by atoms with van der Waals surface area (Å²) in [5.74, 6) is 0.571. The maximum Gasteiger partial charge on any atom is 0.149 e. The number of aromatic nitrogens is 3. The second-order valence-electron chi connectivity index (χ2n) is 3.19. The molecule has 0 amide bonds. The molecule has 0 aromatic carbocycles. The molecular formula is C10H10Cl2N4. The van der Waals surface area contributed by atoms with Crippen LogP contribution in [0.4, 0.5) is 11.5 Å². The number of hydrogen-bond acceptors (Lipinski definition) is 3. The summed E-state index contributed by atoms with van der Waals surface area (Å²) in [6, 6.07) is 1.64. The molecule has 0 atom stereocenters. The summed E-state index contributed by atoms with van der Waals surface area (Å²) >= 11 is 11.7. The molecule has 6 heteroatoms. The van der Waals surface area contributed by atoms with Crippen molar-refractivity contribution in [2.75, 3.05) is 5.32 Å². The van der Waals surface area contributed by atoms with Crippen molar-refractivity contribution in [2.45, 2.75) is 13.5 Å². The SMILES string of the molecule is CCn1cc(Nc2ncc(Cl)cc2Cl)cn1. The van der Waals surface area contributed by atoms with E-state index in [-0.39, 0.29) is 0 Å². The normalized spacial score (nSPS) is 10.4. The molecule has 84 valence electrons. The van der Waals surface area contributed by atoms with Crippen LogP contribution in [-0.2, 0) is 6.54 Å². The van der Waals surface area contributed by atoms with Gasteiger partial charge in [-0.1, -0.05) is 23.2 Å². The van der Waals surface area contributed by atoms with Crippen LogP contribution in [0.25, 0.3) is 0 Å². The number of rotatable bonds is 3. The number of anilines is 2. The Morgan fingerprint density at radius 3 is 2.81 bits per heavy atom. The lowest BCUT2D eigenvalue weighted by atomic mass is 10.4. The highest BCUT2D eigenvalue weighted by Crippen LogP contribution is 2.25. The summed E-state index contributed by atoms with van der Waals surface area (Å²) in [4.78, 5) is 4.10. The van der Waals surface area contributed by atoms with Crippen molar-refractivity contribution in [3.63, 3.8) is 0 Å². The minimum atomic E-state index is 0.483. The Morgan fingerprint density at radius 1 is 1.38 bits per heavy atom. The molecule has 0 spiro atoms. The first-order chi connectivity index (χ1) is 7.69. The average molecular weight is 257 g/mol. The summed E-state index contributed by atoms with van der Waals surface area (Å²) in [5, 5.41) is 8.20. The van der Waals surface area contributed by atoms with Crippen molar-refractivity contribution in [1.29, 1.82) is 0 Å². The van der Waals surface area contributed by atoms with Gasteiger partial charge in [0, 0.05) is 18.9 Å². The van der Waals surface area contributed by atoms with E-state index in [0.29, 0.717) is 15.9 Å². The van der Waals surface area contributed by atoms with Gasteiger partial charge in [-0.2, -0.15) is 5.10 Å². The van der Waals surface area contributed by atoms with Crippen molar-refractivity contribution in [1.82, 2.24) is 14.8 Å². The third-order valence-corrected chi connectivity index (χ3v) is 2.52. The van der Waals surface area contributed by atoms with E-state index in [1.54, 1.807) is 18.5 Å². The van der Waals surface area contributed by atoms with E-state index in [9.17, 15) is 0 Å². The van der Waals surface area contributed by atoms with Crippen molar-refractivity contribution < 1.29 is 0 Å². The molecule has 0 aliphatic heterocycles. The van der Waals surface area contributed by atoms with Crippen molar-refractivity contribution in [2.24, 2.45) is 0 Å². The molecular weight excluding hydrogens is 247 g/mol. The van der Waals surface area contributed by atoms with Gasteiger partial charge in [0.1, 0.15) is 5.82 Å². The van der Waals surface area contributed by atoms with E-state index in [2.05, 4.69) is 15.4 Å². The number of halogens is 2. The topological polar surface area (TPSA) is 42.7 Å². The molecule has 4 nitrogen and oxygen atoms in total. The number of hydrogen-bond donors (Lipinski definition) is 1. The molecule has 2 aromatic heterocycles. The lowest BCUT2D eigenvalue weighted by molar-refractivity contribution is 0.660. The quantitative estimate of drug-likeness (QED) is 0.916. The minimum Gasteiger partial charge on any atom is -0.336 e. The molecule has 0 aliphatic carbocycles. The lowest BCUT2D eigenvalue weighted by Crippen LogP contribution is -1.94. The van der Waals surface area contributed by atoms with E-state index in [0.717, 1.165) is 12.2 Å². The molecule has 2 rings (SSSR count). The van der Waals surface area contributed by atoms with Crippen molar-refractivity contribution in [3.8, 4) is 0 Å². The fourth-order valence-electron chi connectivity index (χ4n) is 1.24. The Hall–Kier alpha value is -1.26. The van der Waals surface area contributed by atoms with E-state index < -0.39 is 0 Å². The van der Waals surface area contributed by atoms with Crippen LogP contribution in [-0.4, -0.2) is 14.8 Å². The fourth-order valence-corrected chi connectivity index (χ4v) is 1.67. The Balaban J connectivity index is 2.20. The maximum absolute atomic E-state index is 5.98. The van der Waals surface area contributed by atoms with Gasteiger partial charge in [0.15, 0.2) is 0 Å². The lowest BCUT2D eigenvalue weighted by Gasteiger charge is -2.04. The third kappa shape index (κ3) is 2.46. The Labute approximate surface area is 103 Å². The first-order valence-corrected chi connectivity index (χ1v) is 5.55. The van der Waals surface area contributed by atoms with Crippen LogP contribution in [0.5, 0.6) is 0 Å². The summed E-state index contributed by atoms with van der Waals surface area (Å²) in [7, 11) is 0. The van der Waals surface area contributed by atoms with Crippen LogP contribution in [0.15, 0.2) is 24.7 Å². The van der Waals surface area contributed by atoms with Gasteiger partial charge in [0.05, 0.1) is 21.9 Å². The zero-order valence-electron chi connectivity index (χ0n) is 8.61. The van der Waals surface area contributed by atoms with Crippen LogP contribution in [0.3, 0.4) is 0 Å². The fraction of sp³-hybridized carbons (Fsp3) is 0.200. The minimum absolute atomic E-state index is 0.483. The summed E-state index contributed by atoms with van der Waals surface area (Å²) in [6.45, 7) is 2.84. The molecule has 0 fully saturated rings. The molecule has 0 aliphatic rings. The Morgan fingerprint density at radius 2 is 2.19 bits per heavy atom. The molecule has 1 N–H and O–H groups in total. The number of nitrogens with zero attached hydrogens (tertiary/aromatic N) is 3. The highest BCUT2D eigenvalue weighted by molar-refractivity contribution is 6.36. The first kappa shape index (κ1) is 11.2. The standard InChI is InChI=1S/C10H10Cl2N4/c1-2-16-6-8(5-14-16)15-10-9(12)3-7(11)4-13-10/h3-6H,2H2,1H3,(H,13,15). The van der Waals surface area contributed by atoms with Gasteiger partial charge < -0.3 is 5.32 Å². The molecule has 0 saturated carbocycles. The summed E-state index contributed by atoms with van der Waals surface area (Å²) < 4.78 is 1.81. The Kier molecular flexibility index (Phi) is 3.31. The van der Waals surface area contributed by atoms with Gasteiger partial charge >= 0.3 is 0 Å². The maximum atomic E-state index is 5.98. The predicted molar refractivity (Wildman–Crippen MR) is 65.4 cm³/mol. The number of nitrogens with one attached hydrogen (secondary N) is 1. The smallest absolute Gasteiger partial charge is 0.149 e. The highest BCUT2D eigenvalue weighted by atomic mass is 35.5. The van der Waals surface area contributed by atoms with Crippen LogP contribution in [0.2, 0.25) is 10.0 Å². The number of pyridine rings is 1. The molecule has 0 bridgehead atoms. The second kappa shape index (κ2) is 4.72. The van der Waals surface area contributed by atoms with Crippen molar-refractivity contribution in [3.05, 3.63) is 34.7 Å². The first-order valence-electron chi connectivity index (χ1n) is 4.79. The van der Waals surface area contributed by atoms with Crippen molar-refractivity contribution >= 4 is 34.7 Å².